The van der Waals surface area contributed by atoms with Crippen molar-refractivity contribution in [3.63, 3.8) is 0 Å². The zero-order valence-corrected chi connectivity index (χ0v) is 10.8. The smallest absolute Gasteiger partial charge is 0.150 e. The summed E-state index contributed by atoms with van der Waals surface area (Å²) in [4.78, 5) is 13.1. The van der Waals surface area contributed by atoms with Crippen LogP contribution in [0.3, 0.4) is 0 Å². The summed E-state index contributed by atoms with van der Waals surface area (Å²) in [5.74, 6) is 0.861. The lowest BCUT2D eigenvalue weighted by Crippen LogP contribution is -2.12. The van der Waals surface area contributed by atoms with Gasteiger partial charge in [-0.05, 0) is 54.4 Å². The molecule has 0 bridgehead atoms. The minimum Gasteiger partial charge on any atom is -0.497 e. The Bertz CT molecular complexity index is 605. The van der Waals surface area contributed by atoms with Crippen LogP contribution in [0.25, 0.3) is 0 Å². The van der Waals surface area contributed by atoms with Crippen molar-refractivity contribution in [1.29, 1.82) is 0 Å². The van der Waals surface area contributed by atoms with Crippen LogP contribution in [-0.4, -0.2) is 19.9 Å². The van der Waals surface area contributed by atoms with Crippen LogP contribution in [-0.2, 0) is 6.42 Å². The second kappa shape index (κ2) is 4.76. The molecule has 0 spiro atoms. The number of ether oxygens (including phenoxy) is 1. The van der Waals surface area contributed by atoms with Gasteiger partial charge >= 0.3 is 0 Å². The number of hydrogen-bond acceptors (Lipinski definition) is 3. The number of fused-ring (bicyclic) bond motifs is 1. The van der Waals surface area contributed by atoms with Gasteiger partial charge in [0, 0.05) is 23.5 Å². The SMILES string of the molecule is COc1ccc(N2CCc3cc(C=O)ccc32)cc1. The lowest BCUT2D eigenvalue weighted by atomic mass is 10.1. The summed E-state index contributed by atoms with van der Waals surface area (Å²) in [6.45, 7) is 0.948. The number of methoxy groups -OCH3 is 1. The van der Waals surface area contributed by atoms with Gasteiger partial charge in [0.2, 0.25) is 0 Å². The van der Waals surface area contributed by atoms with E-state index in [1.54, 1.807) is 7.11 Å². The number of nitrogens with zero attached hydrogens (tertiary/aromatic N) is 1. The summed E-state index contributed by atoms with van der Waals surface area (Å²) in [6, 6.07) is 13.9. The maximum absolute atomic E-state index is 10.8. The monoisotopic (exact) mass is 253 g/mol. The van der Waals surface area contributed by atoms with Crippen molar-refractivity contribution < 1.29 is 9.53 Å². The van der Waals surface area contributed by atoms with Crippen LogP contribution < -0.4 is 9.64 Å². The minimum atomic E-state index is 0.746. The van der Waals surface area contributed by atoms with E-state index in [1.807, 2.05) is 30.3 Å². The van der Waals surface area contributed by atoms with Gasteiger partial charge in [-0.25, -0.2) is 0 Å². The summed E-state index contributed by atoms with van der Waals surface area (Å²) in [5, 5.41) is 0. The molecule has 0 atom stereocenters. The molecule has 96 valence electrons. The lowest BCUT2D eigenvalue weighted by Gasteiger charge is -2.19. The Morgan fingerprint density at radius 2 is 1.95 bits per heavy atom. The molecule has 19 heavy (non-hydrogen) atoms. The molecule has 2 aromatic carbocycles. The van der Waals surface area contributed by atoms with Crippen molar-refractivity contribution >= 4 is 17.7 Å². The summed E-state index contributed by atoms with van der Waals surface area (Å²) in [7, 11) is 1.67. The van der Waals surface area contributed by atoms with Crippen molar-refractivity contribution in [2.45, 2.75) is 6.42 Å². The number of hydrogen-bond donors (Lipinski definition) is 0. The second-order valence-electron chi connectivity index (χ2n) is 4.61. The summed E-state index contributed by atoms with van der Waals surface area (Å²) in [5.41, 5.74) is 4.32. The van der Waals surface area contributed by atoms with Crippen molar-refractivity contribution in [1.82, 2.24) is 0 Å². The molecule has 0 radical (unpaired) electrons. The Hall–Kier alpha value is -2.29. The van der Waals surface area contributed by atoms with Gasteiger partial charge in [0.15, 0.2) is 0 Å². The molecule has 3 nitrogen and oxygen atoms in total. The number of rotatable bonds is 3. The molecule has 2 aromatic rings. The Labute approximate surface area is 112 Å². The molecule has 3 heteroatoms. The van der Waals surface area contributed by atoms with Gasteiger partial charge in [-0.15, -0.1) is 0 Å². The first-order valence-electron chi connectivity index (χ1n) is 6.31. The molecular formula is C16H15NO2. The molecular weight excluding hydrogens is 238 g/mol. The van der Waals surface area contributed by atoms with Crippen LogP contribution in [0.2, 0.25) is 0 Å². The van der Waals surface area contributed by atoms with Crippen LogP contribution >= 0.6 is 0 Å². The fourth-order valence-electron chi connectivity index (χ4n) is 2.53. The topological polar surface area (TPSA) is 29.5 Å². The molecule has 1 aliphatic rings. The van der Waals surface area contributed by atoms with Gasteiger partial charge in [-0.3, -0.25) is 4.79 Å². The first-order chi connectivity index (χ1) is 9.31. The summed E-state index contributed by atoms with van der Waals surface area (Å²) < 4.78 is 5.17. The zero-order valence-electron chi connectivity index (χ0n) is 10.8. The number of carbonyl (C=O) groups excluding carboxylic acids is 1. The van der Waals surface area contributed by atoms with Gasteiger partial charge < -0.3 is 9.64 Å². The highest BCUT2D eigenvalue weighted by atomic mass is 16.5. The Morgan fingerprint density at radius 1 is 1.16 bits per heavy atom. The molecule has 0 saturated carbocycles. The van der Waals surface area contributed by atoms with E-state index in [-0.39, 0.29) is 0 Å². The molecule has 0 fully saturated rings. The minimum absolute atomic E-state index is 0.746. The molecule has 1 aliphatic heterocycles. The van der Waals surface area contributed by atoms with Gasteiger partial charge in [0.05, 0.1) is 7.11 Å². The van der Waals surface area contributed by atoms with E-state index < -0.39 is 0 Å². The lowest BCUT2D eigenvalue weighted by molar-refractivity contribution is 0.112. The Balaban J connectivity index is 1.94. The normalized spacial score (nSPS) is 13.2. The average molecular weight is 253 g/mol. The fraction of sp³-hybridized carbons (Fsp3) is 0.188. The Morgan fingerprint density at radius 3 is 2.63 bits per heavy atom. The number of aldehydes is 1. The molecule has 1 heterocycles. The summed E-state index contributed by atoms with van der Waals surface area (Å²) in [6.07, 6.45) is 1.87. The molecule has 0 N–H and O–H groups in total. The van der Waals surface area contributed by atoms with Gasteiger partial charge in [0.1, 0.15) is 12.0 Å². The summed E-state index contributed by atoms with van der Waals surface area (Å²) >= 11 is 0. The van der Waals surface area contributed by atoms with E-state index in [4.69, 9.17) is 4.74 Å². The third-order valence-corrected chi connectivity index (χ3v) is 3.52. The van der Waals surface area contributed by atoms with Gasteiger partial charge in [-0.1, -0.05) is 0 Å². The quantitative estimate of drug-likeness (QED) is 0.787. The fourth-order valence-corrected chi connectivity index (χ4v) is 2.53. The zero-order chi connectivity index (χ0) is 13.2. The molecule has 0 aliphatic carbocycles. The standard InChI is InChI=1S/C16H15NO2/c1-19-15-5-3-14(4-6-15)17-9-8-13-10-12(11-18)2-7-16(13)17/h2-7,10-11H,8-9H2,1H3. The van der Waals surface area contributed by atoms with Crippen molar-refractivity contribution in [2.75, 3.05) is 18.6 Å². The third kappa shape index (κ3) is 2.08. The van der Waals surface area contributed by atoms with Gasteiger partial charge in [0.25, 0.3) is 0 Å². The van der Waals surface area contributed by atoms with E-state index in [0.717, 1.165) is 36.3 Å². The maximum atomic E-state index is 10.8. The van der Waals surface area contributed by atoms with Crippen LogP contribution in [0.15, 0.2) is 42.5 Å². The highest BCUT2D eigenvalue weighted by Gasteiger charge is 2.20. The first-order valence-corrected chi connectivity index (χ1v) is 6.31. The second-order valence-corrected chi connectivity index (χ2v) is 4.61. The third-order valence-electron chi connectivity index (χ3n) is 3.52. The van der Waals surface area contributed by atoms with E-state index in [1.165, 1.54) is 11.3 Å². The number of benzene rings is 2. The predicted octanol–water partition coefficient (Wildman–Crippen LogP) is 3.20. The van der Waals surface area contributed by atoms with Gasteiger partial charge in [-0.2, -0.15) is 0 Å². The van der Waals surface area contributed by atoms with Crippen LogP contribution in [0.1, 0.15) is 15.9 Å². The van der Waals surface area contributed by atoms with E-state index in [0.29, 0.717) is 0 Å². The van der Waals surface area contributed by atoms with E-state index >= 15 is 0 Å². The van der Waals surface area contributed by atoms with E-state index in [2.05, 4.69) is 17.0 Å². The Kier molecular flexibility index (Phi) is 2.95. The predicted molar refractivity (Wildman–Crippen MR) is 75.5 cm³/mol. The highest BCUT2D eigenvalue weighted by molar-refractivity contribution is 5.79. The molecule has 3 rings (SSSR count). The van der Waals surface area contributed by atoms with Crippen LogP contribution in [0.5, 0.6) is 5.75 Å². The number of anilines is 2. The molecule has 0 amide bonds. The van der Waals surface area contributed by atoms with Crippen LogP contribution in [0, 0.1) is 0 Å². The molecule has 0 saturated heterocycles. The number of carbonyl (C=O) groups is 1. The van der Waals surface area contributed by atoms with Crippen molar-refractivity contribution in [3.05, 3.63) is 53.6 Å². The van der Waals surface area contributed by atoms with Crippen LogP contribution in [0.4, 0.5) is 11.4 Å². The first kappa shape index (κ1) is 11.8. The largest absolute Gasteiger partial charge is 0.497 e. The highest BCUT2D eigenvalue weighted by Crippen LogP contribution is 2.35. The molecule has 0 unspecified atom stereocenters. The van der Waals surface area contributed by atoms with E-state index in [9.17, 15) is 4.79 Å². The average Bonchev–Trinajstić information content (AvgIpc) is 2.90. The van der Waals surface area contributed by atoms with Crippen molar-refractivity contribution in [2.24, 2.45) is 0 Å². The maximum Gasteiger partial charge on any atom is 0.150 e. The molecule has 0 aromatic heterocycles. The van der Waals surface area contributed by atoms with Crippen molar-refractivity contribution in [3.8, 4) is 5.75 Å².